The highest BCUT2D eigenvalue weighted by Crippen LogP contribution is 2.47. The second kappa shape index (κ2) is 10.6. The lowest BCUT2D eigenvalue weighted by molar-refractivity contribution is -0.117. The molecule has 1 aliphatic heterocycles. The quantitative estimate of drug-likeness (QED) is 0.321. The van der Waals surface area contributed by atoms with E-state index in [1.54, 1.807) is 12.3 Å². The number of hydrogen-bond acceptors (Lipinski definition) is 8. The van der Waals surface area contributed by atoms with Crippen molar-refractivity contribution < 1.29 is 19.0 Å². The van der Waals surface area contributed by atoms with Crippen LogP contribution in [-0.4, -0.2) is 64.8 Å². The smallest absolute Gasteiger partial charge is 0.243 e. The highest BCUT2D eigenvalue weighted by atomic mass is 35.5. The molecule has 38 heavy (non-hydrogen) atoms. The Morgan fingerprint density at radius 1 is 1.16 bits per heavy atom. The van der Waals surface area contributed by atoms with Gasteiger partial charge in [0.2, 0.25) is 11.9 Å². The van der Waals surface area contributed by atoms with Crippen molar-refractivity contribution in [3.8, 4) is 22.6 Å². The summed E-state index contributed by atoms with van der Waals surface area (Å²) in [5.74, 6) is 1.00. The van der Waals surface area contributed by atoms with Gasteiger partial charge in [-0.15, -0.1) is 0 Å². The molecule has 198 valence electrons. The minimum atomic E-state index is -0.238. The molecule has 0 unspecified atom stereocenters. The van der Waals surface area contributed by atoms with E-state index in [9.17, 15) is 4.79 Å². The van der Waals surface area contributed by atoms with Gasteiger partial charge >= 0.3 is 0 Å². The van der Waals surface area contributed by atoms with Crippen LogP contribution in [0.1, 0.15) is 12.1 Å². The molecule has 1 aromatic carbocycles. The molecule has 0 bridgehead atoms. The van der Waals surface area contributed by atoms with Gasteiger partial charge < -0.3 is 24.8 Å². The molecule has 4 heterocycles. The van der Waals surface area contributed by atoms with Gasteiger partial charge in [0.25, 0.3) is 0 Å². The lowest BCUT2D eigenvalue weighted by Gasteiger charge is -2.32. The summed E-state index contributed by atoms with van der Waals surface area (Å²) in [5.41, 5.74) is 3.23. The Bertz CT molecular complexity index is 1530. The molecule has 1 saturated heterocycles. The number of imidazole rings is 1. The van der Waals surface area contributed by atoms with Gasteiger partial charge in [-0.25, -0.2) is 9.97 Å². The number of halogens is 2. The van der Waals surface area contributed by atoms with E-state index in [1.165, 1.54) is 20.3 Å². The molecule has 12 heteroatoms. The number of fused-ring (bicyclic) bond motifs is 3. The van der Waals surface area contributed by atoms with E-state index >= 15 is 0 Å². The zero-order chi connectivity index (χ0) is 27.0. The zero-order valence-corrected chi connectivity index (χ0v) is 22.6. The van der Waals surface area contributed by atoms with E-state index in [1.807, 2.05) is 23.6 Å². The first-order valence-corrected chi connectivity index (χ1v) is 12.6. The molecule has 0 spiro atoms. The second-order valence-electron chi connectivity index (χ2n) is 8.82. The number of carbonyl (C=O) groups is 1. The first-order chi connectivity index (χ1) is 18.3. The summed E-state index contributed by atoms with van der Waals surface area (Å²) in [4.78, 5) is 26.0. The lowest BCUT2D eigenvalue weighted by Crippen LogP contribution is -2.52. The predicted molar refractivity (Wildman–Crippen MR) is 147 cm³/mol. The summed E-state index contributed by atoms with van der Waals surface area (Å²) in [5, 5.41) is 7.67. The van der Waals surface area contributed by atoms with Crippen molar-refractivity contribution >= 4 is 51.7 Å². The Morgan fingerprint density at radius 3 is 2.58 bits per heavy atom. The maximum absolute atomic E-state index is 11.9. The highest BCUT2D eigenvalue weighted by molar-refractivity contribution is 6.41. The number of anilines is 1. The standard InChI is InChI=1S/C26H26Cl2N6O4/c1-5-20(35)31-16-6-7-38-12-17(16)32-26-29-10-14-8-15(25-30-13(2)11-34(25)24(14)33-26)21-22(27)18(36-3)9-19(37-4)23(21)28/h5,8-11,16-17H,1,6-7,12H2,2-4H3,(H,31,35)(H,29,32,33)/t16-,17+/m1/s1. The van der Waals surface area contributed by atoms with E-state index in [0.29, 0.717) is 69.5 Å². The number of rotatable bonds is 7. The van der Waals surface area contributed by atoms with Crippen molar-refractivity contribution in [1.29, 1.82) is 0 Å². The van der Waals surface area contributed by atoms with Gasteiger partial charge in [0, 0.05) is 41.6 Å². The fourth-order valence-corrected chi connectivity index (χ4v) is 5.29. The van der Waals surface area contributed by atoms with Crippen LogP contribution in [0.15, 0.2) is 37.2 Å². The average Bonchev–Trinajstić information content (AvgIpc) is 3.32. The Morgan fingerprint density at radius 2 is 1.89 bits per heavy atom. The molecule has 1 amide bonds. The fraction of sp³-hybridized carbons (Fsp3) is 0.308. The van der Waals surface area contributed by atoms with E-state index in [2.05, 4.69) is 22.2 Å². The van der Waals surface area contributed by atoms with Crippen LogP contribution in [0, 0.1) is 6.92 Å². The molecule has 1 fully saturated rings. The third-order valence-corrected chi connectivity index (χ3v) is 7.17. The third kappa shape index (κ3) is 4.70. The highest BCUT2D eigenvalue weighted by Gasteiger charge is 2.28. The monoisotopic (exact) mass is 556 g/mol. The first kappa shape index (κ1) is 26.0. The van der Waals surface area contributed by atoms with Gasteiger partial charge in [-0.3, -0.25) is 9.20 Å². The molecule has 5 rings (SSSR count). The number of carbonyl (C=O) groups excluding carboxylic acids is 1. The number of methoxy groups -OCH3 is 2. The summed E-state index contributed by atoms with van der Waals surface area (Å²) in [6.45, 7) is 6.38. The molecule has 2 N–H and O–H groups in total. The topological polar surface area (TPSA) is 112 Å². The number of pyridine rings is 1. The Labute approximate surface area is 228 Å². The van der Waals surface area contributed by atoms with Crippen molar-refractivity contribution in [3.05, 3.63) is 52.9 Å². The average molecular weight is 557 g/mol. The molecule has 3 aromatic heterocycles. The predicted octanol–water partition coefficient (Wildman–Crippen LogP) is 4.45. The number of benzene rings is 1. The zero-order valence-electron chi connectivity index (χ0n) is 21.0. The van der Waals surface area contributed by atoms with Crippen molar-refractivity contribution in [2.24, 2.45) is 0 Å². The van der Waals surface area contributed by atoms with Crippen molar-refractivity contribution in [2.75, 3.05) is 32.8 Å². The normalized spacial score (nSPS) is 17.4. The van der Waals surface area contributed by atoms with E-state index in [0.717, 1.165) is 11.1 Å². The summed E-state index contributed by atoms with van der Waals surface area (Å²) >= 11 is 13.5. The summed E-state index contributed by atoms with van der Waals surface area (Å²) in [6, 6.07) is 3.17. The first-order valence-electron chi connectivity index (χ1n) is 11.9. The molecular weight excluding hydrogens is 531 g/mol. The number of amides is 1. The summed E-state index contributed by atoms with van der Waals surface area (Å²) in [7, 11) is 3.06. The van der Waals surface area contributed by atoms with Crippen molar-refractivity contribution in [2.45, 2.75) is 25.4 Å². The van der Waals surface area contributed by atoms with Crippen LogP contribution in [-0.2, 0) is 9.53 Å². The van der Waals surface area contributed by atoms with E-state index < -0.39 is 0 Å². The Kier molecular flexibility index (Phi) is 7.29. The van der Waals surface area contributed by atoms with Gasteiger partial charge in [0.05, 0.1) is 48.6 Å². The second-order valence-corrected chi connectivity index (χ2v) is 9.58. The van der Waals surface area contributed by atoms with Crippen LogP contribution in [0.5, 0.6) is 11.5 Å². The van der Waals surface area contributed by atoms with Gasteiger partial charge in [-0.05, 0) is 25.5 Å². The number of ether oxygens (including phenoxy) is 3. The van der Waals surface area contributed by atoms with Crippen LogP contribution < -0.4 is 20.1 Å². The van der Waals surface area contributed by atoms with E-state index in [4.69, 9.17) is 47.4 Å². The van der Waals surface area contributed by atoms with Gasteiger partial charge in [0.15, 0.2) is 5.65 Å². The number of nitrogens with one attached hydrogen (secondary N) is 2. The molecule has 0 saturated carbocycles. The van der Waals surface area contributed by atoms with E-state index in [-0.39, 0.29) is 18.0 Å². The van der Waals surface area contributed by atoms with Crippen molar-refractivity contribution in [1.82, 2.24) is 24.7 Å². The number of hydrogen-bond donors (Lipinski definition) is 2. The largest absolute Gasteiger partial charge is 0.495 e. The van der Waals surface area contributed by atoms with Gasteiger partial charge in [-0.2, -0.15) is 4.98 Å². The summed E-state index contributed by atoms with van der Waals surface area (Å²) in [6.07, 6.45) is 5.51. The molecule has 2 atom stereocenters. The van der Waals surface area contributed by atoms with Crippen LogP contribution >= 0.6 is 23.2 Å². The maximum atomic E-state index is 11.9. The number of aryl methyl sites for hydroxylation is 1. The molecule has 0 aliphatic carbocycles. The summed E-state index contributed by atoms with van der Waals surface area (Å²) < 4.78 is 18.4. The molecule has 4 aromatic rings. The van der Waals surface area contributed by atoms with Gasteiger partial charge in [-0.1, -0.05) is 29.8 Å². The SMILES string of the molecule is C=CC(=O)N[C@@H]1CCOC[C@@H]1Nc1ncc2cc(-c3c(Cl)c(OC)cc(OC)c3Cl)c3nc(C)cn3c2n1. The molecule has 1 aliphatic rings. The van der Waals surface area contributed by atoms with Crippen LogP contribution in [0.25, 0.3) is 27.8 Å². The fourth-order valence-electron chi connectivity index (χ4n) is 4.58. The maximum Gasteiger partial charge on any atom is 0.243 e. The number of aromatic nitrogens is 4. The minimum absolute atomic E-state index is 0.154. The van der Waals surface area contributed by atoms with Crippen LogP contribution in [0.4, 0.5) is 5.95 Å². The Balaban J connectivity index is 1.61. The molecular formula is C26H26Cl2N6O4. The molecule has 0 radical (unpaired) electrons. The van der Waals surface area contributed by atoms with Crippen LogP contribution in [0.3, 0.4) is 0 Å². The molecule has 10 nitrogen and oxygen atoms in total. The Hall–Kier alpha value is -3.60. The minimum Gasteiger partial charge on any atom is -0.495 e. The van der Waals surface area contributed by atoms with Gasteiger partial charge in [0.1, 0.15) is 17.1 Å². The third-order valence-electron chi connectivity index (χ3n) is 6.42. The van der Waals surface area contributed by atoms with Crippen LogP contribution in [0.2, 0.25) is 10.0 Å². The van der Waals surface area contributed by atoms with Crippen molar-refractivity contribution in [3.63, 3.8) is 0 Å². The lowest BCUT2D eigenvalue weighted by atomic mass is 10.0. The number of nitrogens with zero attached hydrogens (tertiary/aromatic N) is 4.